The molecule has 0 aliphatic rings. The lowest BCUT2D eigenvalue weighted by molar-refractivity contribution is -0.142. The first-order valence-corrected chi connectivity index (χ1v) is 5.44. The number of anilines is 1. The molecule has 0 saturated heterocycles. The van der Waals surface area contributed by atoms with Crippen LogP contribution in [0.4, 0.5) is 5.82 Å². The van der Waals surface area contributed by atoms with E-state index < -0.39 is 0 Å². The highest BCUT2D eigenvalue weighted by atomic mass is 16.5. The van der Waals surface area contributed by atoms with Gasteiger partial charge in [-0.2, -0.15) is 0 Å². The number of rotatable bonds is 5. The van der Waals surface area contributed by atoms with Crippen molar-refractivity contribution in [2.75, 3.05) is 25.1 Å². The molecule has 0 saturated carbocycles. The fourth-order valence-corrected chi connectivity index (χ4v) is 1.35. The first-order valence-electron chi connectivity index (χ1n) is 5.44. The second-order valence-corrected chi connectivity index (χ2v) is 3.61. The molecule has 0 fully saturated rings. The van der Waals surface area contributed by atoms with E-state index in [1.54, 1.807) is 0 Å². The summed E-state index contributed by atoms with van der Waals surface area (Å²) in [5.41, 5.74) is 0.973. The average molecular weight is 222 g/mol. The summed E-state index contributed by atoms with van der Waals surface area (Å²) in [6, 6.07) is 5.83. The Hall–Kier alpha value is -1.58. The zero-order valence-corrected chi connectivity index (χ0v) is 10.1. The molecule has 0 radical (unpaired) electrons. The molecular formula is C12H18N2O2. The summed E-state index contributed by atoms with van der Waals surface area (Å²) >= 11 is 0. The molecule has 88 valence electrons. The largest absolute Gasteiger partial charge is 0.466 e. The fourth-order valence-electron chi connectivity index (χ4n) is 1.35. The molecule has 4 nitrogen and oxygen atoms in total. The Morgan fingerprint density at radius 2 is 2.25 bits per heavy atom. The summed E-state index contributed by atoms with van der Waals surface area (Å²) in [7, 11) is 1.92. The number of aryl methyl sites for hydroxylation is 1. The zero-order chi connectivity index (χ0) is 12.0. The highest BCUT2D eigenvalue weighted by molar-refractivity contribution is 5.70. The van der Waals surface area contributed by atoms with Gasteiger partial charge in [0.25, 0.3) is 0 Å². The maximum absolute atomic E-state index is 11.2. The van der Waals surface area contributed by atoms with E-state index >= 15 is 0 Å². The Bertz CT molecular complexity index is 353. The Kier molecular flexibility index (Phi) is 4.76. The Morgan fingerprint density at radius 1 is 1.50 bits per heavy atom. The number of hydrogen-bond donors (Lipinski definition) is 0. The van der Waals surface area contributed by atoms with Gasteiger partial charge in [-0.1, -0.05) is 6.07 Å². The van der Waals surface area contributed by atoms with E-state index in [9.17, 15) is 4.79 Å². The molecule has 0 spiro atoms. The molecule has 1 aromatic heterocycles. The van der Waals surface area contributed by atoms with Crippen molar-refractivity contribution < 1.29 is 9.53 Å². The maximum atomic E-state index is 11.2. The summed E-state index contributed by atoms with van der Waals surface area (Å²) in [4.78, 5) is 17.5. The monoisotopic (exact) mass is 222 g/mol. The molecule has 0 bridgehead atoms. The number of carbonyl (C=O) groups excluding carboxylic acids is 1. The highest BCUT2D eigenvalue weighted by Crippen LogP contribution is 2.09. The minimum absolute atomic E-state index is 0.165. The van der Waals surface area contributed by atoms with Crippen LogP contribution in [0.3, 0.4) is 0 Å². The number of pyridine rings is 1. The first kappa shape index (κ1) is 12.5. The molecule has 4 heteroatoms. The van der Waals surface area contributed by atoms with E-state index in [1.165, 1.54) is 0 Å². The molecule has 0 N–H and O–H groups in total. The van der Waals surface area contributed by atoms with Crippen LogP contribution in [0.5, 0.6) is 0 Å². The standard InChI is InChI=1S/C12H18N2O2/c1-4-16-12(15)8-9-14(3)11-7-5-6-10(2)13-11/h5-7H,4,8-9H2,1-3H3. The van der Waals surface area contributed by atoms with E-state index in [4.69, 9.17) is 4.74 Å². The third-order valence-corrected chi connectivity index (χ3v) is 2.22. The molecule has 0 atom stereocenters. The van der Waals surface area contributed by atoms with Gasteiger partial charge in [0, 0.05) is 19.3 Å². The summed E-state index contributed by atoms with van der Waals surface area (Å²) in [5, 5.41) is 0. The van der Waals surface area contributed by atoms with Gasteiger partial charge in [0.2, 0.25) is 0 Å². The second-order valence-electron chi connectivity index (χ2n) is 3.61. The Balaban J connectivity index is 2.46. The molecule has 16 heavy (non-hydrogen) atoms. The summed E-state index contributed by atoms with van der Waals surface area (Å²) in [6.07, 6.45) is 0.389. The van der Waals surface area contributed by atoms with Crippen LogP contribution in [0.1, 0.15) is 19.0 Å². The molecule has 0 aromatic carbocycles. The minimum Gasteiger partial charge on any atom is -0.466 e. The van der Waals surface area contributed by atoms with Crippen molar-refractivity contribution in [2.24, 2.45) is 0 Å². The summed E-state index contributed by atoms with van der Waals surface area (Å²) in [6.45, 7) is 4.81. The lowest BCUT2D eigenvalue weighted by Crippen LogP contribution is -2.23. The molecule has 0 aliphatic carbocycles. The quantitative estimate of drug-likeness (QED) is 0.712. The van der Waals surface area contributed by atoms with Crippen molar-refractivity contribution in [1.82, 2.24) is 4.98 Å². The van der Waals surface area contributed by atoms with Gasteiger partial charge < -0.3 is 9.64 Å². The van der Waals surface area contributed by atoms with Crippen molar-refractivity contribution in [3.05, 3.63) is 23.9 Å². The van der Waals surface area contributed by atoms with Gasteiger partial charge in [-0.3, -0.25) is 4.79 Å². The van der Waals surface area contributed by atoms with E-state index in [1.807, 2.05) is 44.0 Å². The van der Waals surface area contributed by atoms with E-state index in [2.05, 4.69) is 4.98 Å². The molecule has 0 unspecified atom stereocenters. The van der Waals surface area contributed by atoms with Crippen LogP contribution >= 0.6 is 0 Å². The molecule has 0 aliphatic heterocycles. The van der Waals surface area contributed by atoms with Gasteiger partial charge >= 0.3 is 5.97 Å². The third kappa shape index (κ3) is 3.88. The van der Waals surface area contributed by atoms with Gasteiger partial charge in [0.15, 0.2) is 0 Å². The molecule has 1 heterocycles. The zero-order valence-electron chi connectivity index (χ0n) is 10.1. The smallest absolute Gasteiger partial charge is 0.307 e. The normalized spacial score (nSPS) is 9.94. The predicted molar refractivity (Wildman–Crippen MR) is 63.5 cm³/mol. The van der Waals surface area contributed by atoms with Gasteiger partial charge in [0.1, 0.15) is 5.82 Å². The van der Waals surface area contributed by atoms with Crippen LogP contribution in [-0.4, -0.2) is 31.2 Å². The van der Waals surface area contributed by atoms with Crippen LogP contribution in [0.2, 0.25) is 0 Å². The van der Waals surface area contributed by atoms with Gasteiger partial charge in [-0.25, -0.2) is 4.98 Å². The topological polar surface area (TPSA) is 42.4 Å². The van der Waals surface area contributed by atoms with E-state index in [0.717, 1.165) is 11.5 Å². The van der Waals surface area contributed by atoms with E-state index in [0.29, 0.717) is 19.6 Å². The van der Waals surface area contributed by atoms with E-state index in [-0.39, 0.29) is 5.97 Å². The van der Waals surface area contributed by atoms with Crippen molar-refractivity contribution in [3.63, 3.8) is 0 Å². The van der Waals surface area contributed by atoms with Crippen LogP contribution < -0.4 is 4.90 Å². The lowest BCUT2D eigenvalue weighted by atomic mass is 10.3. The molecular weight excluding hydrogens is 204 g/mol. The highest BCUT2D eigenvalue weighted by Gasteiger charge is 2.06. The number of carbonyl (C=O) groups is 1. The van der Waals surface area contributed by atoms with Crippen molar-refractivity contribution in [3.8, 4) is 0 Å². The third-order valence-electron chi connectivity index (χ3n) is 2.22. The fraction of sp³-hybridized carbons (Fsp3) is 0.500. The van der Waals surface area contributed by atoms with Gasteiger partial charge in [0.05, 0.1) is 13.0 Å². The van der Waals surface area contributed by atoms with Crippen LogP contribution in [0, 0.1) is 6.92 Å². The number of ether oxygens (including phenoxy) is 1. The van der Waals surface area contributed by atoms with Gasteiger partial charge in [-0.15, -0.1) is 0 Å². The Morgan fingerprint density at radius 3 is 2.88 bits per heavy atom. The van der Waals surface area contributed by atoms with Crippen molar-refractivity contribution in [1.29, 1.82) is 0 Å². The molecule has 1 aromatic rings. The van der Waals surface area contributed by atoms with Crippen molar-refractivity contribution >= 4 is 11.8 Å². The SMILES string of the molecule is CCOC(=O)CCN(C)c1cccc(C)n1. The number of esters is 1. The summed E-state index contributed by atoms with van der Waals surface area (Å²) < 4.78 is 4.87. The number of aromatic nitrogens is 1. The van der Waals surface area contributed by atoms with Crippen LogP contribution in [-0.2, 0) is 9.53 Å². The van der Waals surface area contributed by atoms with Crippen molar-refractivity contribution in [2.45, 2.75) is 20.3 Å². The average Bonchev–Trinajstić information content (AvgIpc) is 2.26. The summed E-state index contributed by atoms with van der Waals surface area (Å²) in [5.74, 6) is 0.714. The Labute approximate surface area is 96.2 Å². The second kappa shape index (κ2) is 6.10. The predicted octanol–water partition coefficient (Wildman–Crippen LogP) is 1.78. The van der Waals surface area contributed by atoms with Gasteiger partial charge in [-0.05, 0) is 26.0 Å². The number of hydrogen-bond acceptors (Lipinski definition) is 4. The molecule has 1 rings (SSSR count). The van der Waals surface area contributed by atoms with Crippen LogP contribution in [0.25, 0.3) is 0 Å². The first-order chi connectivity index (χ1) is 7.63. The van der Waals surface area contributed by atoms with Crippen LogP contribution in [0.15, 0.2) is 18.2 Å². The lowest BCUT2D eigenvalue weighted by Gasteiger charge is -2.17. The minimum atomic E-state index is -0.165. The molecule has 0 amide bonds. The number of nitrogens with zero attached hydrogens (tertiary/aromatic N) is 2. The maximum Gasteiger partial charge on any atom is 0.307 e.